The van der Waals surface area contributed by atoms with Gasteiger partial charge in [0.15, 0.2) is 0 Å². The average molecular weight is 775 g/mol. The van der Waals surface area contributed by atoms with Gasteiger partial charge in [-0.05, 0) is 143 Å². The van der Waals surface area contributed by atoms with Crippen molar-refractivity contribution in [2.24, 2.45) is 0 Å². The van der Waals surface area contributed by atoms with E-state index in [2.05, 4.69) is 223 Å². The molecular formula is C59H38N2. The molecule has 0 aliphatic heterocycles. The number of hydrogen-bond acceptors (Lipinski definition) is 2. The van der Waals surface area contributed by atoms with Gasteiger partial charge in [-0.15, -0.1) is 0 Å². The van der Waals surface area contributed by atoms with Crippen molar-refractivity contribution in [2.75, 3.05) is 4.90 Å². The normalized spacial score (nSPS) is 11.6. The van der Waals surface area contributed by atoms with E-state index in [4.69, 9.17) is 4.98 Å². The van der Waals surface area contributed by atoms with Crippen molar-refractivity contribution in [2.45, 2.75) is 0 Å². The van der Waals surface area contributed by atoms with Gasteiger partial charge in [-0.3, -0.25) is 4.98 Å². The highest BCUT2D eigenvalue weighted by Crippen LogP contribution is 2.48. The van der Waals surface area contributed by atoms with Crippen molar-refractivity contribution in [3.8, 4) is 33.4 Å². The van der Waals surface area contributed by atoms with Gasteiger partial charge in [-0.1, -0.05) is 164 Å². The van der Waals surface area contributed by atoms with Crippen LogP contribution in [0.4, 0.5) is 17.1 Å². The molecule has 2 heteroatoms. The maximum Gasteiger partial charge on any atom is 0.0786 e. The zero-order chi connectivity index (χ0) is 40.3. The molecule has 0 aliphatic rings. The molecular weight excluding hydrogens is 737 g/mol. The van der Waals surface area contributed by atoms with E-state index in [0.29, 0.717) is 0 Å². The van der Waals surface area contributed by atoms with Crippen molar-refractivity contribution < 1.29 is 0 Å². The summed E-state index contributed by atoms with van der Waals surface area (Å²) in [5.41, 5.74) is 11.5. The minimum atomic E-state index is 1.02. The van der Waals surface area contributed by atoms with Crippen LogP contribution < -0.4 is 4.90 Å². The lowest BCUT2D eigenvalue weighted by Crippen LogP contribution is -2.09. The Morgan fingerprint density at radius 3 is 1.46 bits per heavy atom. The lowest BCUT2D eigenvalue weighted by atomic mass is 9.83. The third-order valence-electron chi connectivity index (χ3n) is 12.4. The van der Waals surface area contributed by atoms with Gasteiger partial charge < -0.3 is 4.90 Å². The van der Waals surface area contributed by atoms with Crippen LogP contribution in [0.1, 0.15) is 0 Å². The topological polar surface area (TPSA) is 16.1 Å². The van der Waals surface area contributed by atoms with Crippen LogP contribution in [0.25, 0.3) is 98.1 Å². The van der Waals surface area contributed by atoms with E-state index in [1.165, 1.54) is 81.7 Å². The van der Waals surface area contributed by atoms with Crippen molar-refractivity contribution in [1.82, 2.24) is 4.98 Å². The van der Waals surface area contributed by atoms with E-state index in [0.717, 1.165) is 33.5 Å². The van der Waals surface area contributed by atoms with Gasteiger partial charge in [-0.2, -0.15) is 0 Å². The predicted octanol–water partition coefficient (Wildman–Crippen LogP) is 16.5. The molecule has 12 rings (SSSR count). The van der Waals surface area contributed by atoms with Gasteiger partial charge in [0, 0.05) is 34.0 Å². The largest absolute Gasteiger partial charge is 0.310 e. The van der Waals surface area contributed by atoms with E-state index >= 15 is 0 Å². The van der Waals surface area contributed by atoms with E-state index < -0.39 is 0 Å². The molecule has 12 aromatic rings. The SMILES string of the molecule is c1ccc(N(c2ccccc2)c2ccc3c(-c4ccc5ccccc5c4)c4cc(-c5cccc6ccc7cccnc7c56)ccc4c(-c4ccc5ccccc5c4)c3c2)cc1. The number of hydrogen-bond donors (Lipinski definition) is 0. The quantitative estimate of drug-likeness (QED) is 0.124. The summed E-state index contributed by atoms with van der Waals surface area (Å²) in [6.07, 6.45) is 1.91. The number of fused-ring (bicyclic) bond motifs is 7. The first kappa shape index (κ1) is 34.9. The van der Waals surface area contributed by atoms with Crippen molar-refractivity contribution in [1.29, 1.82) is 0 Å². The smallest absolute Gasteiger partial charge is 0.0786 e. The second kappa shape index (κ2) is 14.3. The standard InChI is InChI=1S/C59H38N2/c1-3-19-48(20-4-1)61(49-21-5-2-6-22-49)50-31-33-53-55(38-50)57(47-29-25-40-14-8-10-16-44(40)36-47)52-32-30-45(37-54(52)56(53)46-28-24-39-13-7-9-15-43(39)35-46)51-23-11-17-41-26-27-42-18-12-34-60-59(42)58(41)51/h1-38H. The minimum absolute atomic E-state index is 1.02. The number of rotatable bonds is 6. The van der Waals surface area contributed by atoms with E-state index in [1.54, 1.807) is 0 Å². The zero-order valence-corrected chi connectivity index (χ0v) is 33.3. The monoisotopic (exact) mass is 774 g/mol. The summed E-state index contributed by atoms with van der Waals surface area (Å²) in [7, 11) is 0. The van der Waals surface area contributed by atoms with Crippen LogP contribution in [0.3, 0.4) is 0 Å². The van der Waals surface area contributed by atoms with E-state index in [1.807, 2.05) is 12.3 Å². The van der Waals surface area contributed by atoms with Crippen molar-refractivity contribution in [3.63, 3.8) is 0 Å². The number of para-hydroxylation sites is 2. The molecule has 0 radical (unpaired) electrons. The van der Waals surface area contributed by atoms with Crippen molar-refractivity contribution >= 4 is 81.8 Å². The number of nitrogens with zero attached hydrogens (tertiary/aromatic N) is 2. The third kappa shape index (κ3) is 5.92. The predicted molar refractivity (Wildman–Crippen MR) is 260 cm³/mol. The third-order valence-corrected chi connectivity index (χ3v) is 12.4. The van der Waals surface area contributed by atoms with Crippen LogP contribution in [0.15, 0.2) is 231 Å². The fraction of sp³-hybridized carbons (Fsp3) is 0. The van der Waals surface area contributed by atoms with E-state index in [9.17, 15) is 0 Å². The Bertz CT molecular complexity index is 3610. The minimum Gasteiger partial charge on any atom is -0.310 e. The van der Waals surface area contributed by atoms with Gasteiger partial charge in [0.25, 0.3) is 0 Å². The second-order valence-corrected chi connectivity index (χ2v) is 15.9. The Kier molecular flexibility index (Phi) is 8.21. The van der Waals surface area contributed by atoms with Gasteiger partial charge in [-0.25, -0.2) is 0 Å². The van der Waals surface area contributed by atoms with Crippen molar-refractivity contribution in [3.05, 3.63) is 231 Å². The molecule has 0 aliphatic carbocycles. The summed E-state index contributed by atoms with van der Waals surface area (Å²) >= 11 is 0. The van der Waals surface area contributed by atoms with Gasteiger partial charge in [0.05, 0.1) is 5.52 Å². The van der Waals surface area contributed by atoms with Crippen LogP contribution in [-0.4, -0.2) is 4.98 Å². The zero-order valence-electron chi connectivity index (χ0n) is 33.3. The summed E-state index contributed by atoms with van der Waals surface area (Å²) in [4.78, 5) is 7.30. The summed E-state index contributed by atoms with van der Waals surface area (Å²) in [5, 5.41) is 13.2. The second-order valence-electron chi connectivity index (χ2n) is 15.9. The fourth-order valence-corrected chi connectivity index (χ4v) is 9.59. The summed E-state index contributed by atoms with van der Waals surface area (Å²) in [6.45, 7) is 0. The Labute approximate surface area is 354 Å². The highest BCUT2D eigenvalue weighted by Gasteiger charge is 2.22. The first-order valence-electron chi connectivity index (χ1n) is 20.9. The van der Waals surface area contributed by atoms with Crippen LogP contribution in [0.2, 0.25) is 0 Å². The molecule has 0 unspecified atom stereocenters. The van der Waals surface area contributed by atoms with Gasteiger partial charge >= 0.3 is 0 Å². The molecule has 284 valence electrons. The average Bonchev–Trinajstić information content (AvgIpc) is 3.33. The first-order chi connectivity index (χ1) is 30.2. The highest BCUT2D eigenvalue weighted by atomic mass is 15.1. The summed E-state index contributed by atoms with van der Waals surface area (Å²) < 4.78 is 0. The summed E-state index contributed by atoms with van der Waals surface area (Å²) in [5.74, 6) is 0. The molecule has 0 fully saturated rings. The lowest BCUT2D eigenvalue weighted by molar-refractivity contribution is 1.29. The van der Waals surface area contributed by atoms with Gasteiger partial charge in [0.1, 0.15) is 0 Å². The molecule has 0 amide bonds. The Hall–Kier alpha value is -8.07. The molecule has 2 nitrogen and oxygen atoms in total. The number of pyridine rings is 1. The maximum absolute atomic E-state index is 4.93. The van der Waals surface area contributed by atoms with E-state index in [-0.39, 0.29) is 0 Å². The van der Waals surface area contributed by atoms with Crippen LogP contribution in [0, 0.1) is 0 Å². The molecule has 0 N–H and O–H groups in total. The number of benzene rings is 11. The first-order valence-corrected chi connectivity index (χ1v) is 20.9. The molecule has 61 heavy (non-hydrogen) atoms. The number of aromatic nitrogens is 1. The van der Waals surface area contributed by atoms with Crippen LogP contribution in [0.5, 0.6) is 0 Å². The molecule has 0 saturated heterocycles. The molecule has 0 saturated carbocycles. The summed E-state index contributed by atoms with van der Waals surface area (Å²) in [6, 6.07) is 82.1. The lowest BCUT2D eigenvalue weighted by Gasteiger charge is -2.27. The Morgan fingerprint density at radius 2 is 0.803 bits per heavy atom. The van der Waals surface area contributed by atoms with Crippen LogP contribution in [-0.2, 0) is 0 Å². The van der Waals surface area contributed by atoms with Gasteiger partial charge in [0.2, 0.25) is 0 Å². The Morgan fingerprint density at radius 1 is 0.295 bits per heavy atom. The molecule has 11 aromatic carbocycles. The maximum atomic E-state index is 4.93. The highest BCUT2D eigenvalue weighted by molar-refractivity contribution is 6.24. The molecule has 1 heterocycles. The molecule has 0 atom stereocenters. The fourth-order valence-electron chi connectivity index (χ4n) is 9.59. The number of anilines is 3. The van der Waals surface area contributed by atoms with Crippen LogP contribution >= 0.6 is 0 Å². The molecule has 0 spiro atoms. The molecule has 1 aromatic heterocycles. The molecule has 0 bridgehead atoms. The Balaban J connectivity index is 1.22.